The first-order valence-electron chi connectivity index (χ1n) is 11.5. The van der Waals surface area contributed by atoms with Crippen LogP contribution in [0, 0.1) is 5.82 Å². The topological polar surface area (TPSA) is 144 Å². The Morgan fingerprint density at radius 2 is 1.82 bits per heavy atom. The van der Waals surface area contributed by atoms with Gasteiger partial charge in [-0.3, -0.25) is 19.2 Å². The summed E-state index contributed by atoms with van der Waals surface area (Å²) in [6.07, 6.45) is 0.903. The van der Waals surface area contributed by atoms with Crippen LogP contribution in [0.25, 0.3) is 5.65 Å². The van der Waals surface area contributed by atoms with Crippen LogP contribution >= 0.6 is 0 Å². The lowest BCUT2D eigenvalue weighted by molar-refractivity contribution is -0.118. The number of hydrogen-bond acceptors (Lipinski definition) is 7. The lowest BCUT2D eigenvalue weighted by atomic mass is 10.1. The molecular formula is C26H21FN6O5. The number of benzene rings is 2. The predicted octanol–water partition coefficient (Wildman–Crippen LogP) is 2.26. The number of halogens is 1. The van der Waals surface area contributed by atoms with Gasteiger partial charge in [-0.1, -0.05) is 24.3 Å². The van der Waals surface area contributed by atoms with E-state index in [0.29, 0.717) is 28.1 Å². The fraction of sp³-hybridized carbons (Fsp3) is 0.154. The zero-order valence-corrected chi connectivity index (χ0v) is 20.1. The number of Topliss-reactive ketones (excluding diaryl/α,β-unsaturated/α-hetero) is 1. The molecule has 12 heteroatoms. The lowest BCUT2D eigenvalue weighted by Crippen LogP contribution is -2.29. The SMILES string of the molecule is CC(=O)c1cccc(CNC(=O)c2cc(C(=O)NCc3ccc4c(c3)NC(=O)CO4)nc3c(F)cnn23)c1. The Hall–Kier alpha value is -5.13. The number of hydrogen-bond donors (Lipinski definition) is 3. The van der Waals surface area contributed by atoms with Crippen LogP contribution in [0.1, 0.15) is 49.4 Å². The van der Waals surface area contributed by atoms with E-state index in [0.717, 1.165) is 10.7 Å². The van der Waals surface area contributed by atoms with Gasteiger partial charge < -0.3 is 20.7 Å². The maximum absolute atomic E-state index is 14.4. The molecule has 0 unspecified atom stereocenters. The highest BCUT2D eigenvalue weighted by atomic mass is 19.1. The second-order valence-corrected chi connectivity index (χ2v) is 8.54. The molecule has 0 saturated heterocycles. The van der Waals surface area contributed by atoms with Crippen molar-refractivity contribution in [1.82, 2.24) is 25.2 Å². The van der Waals surface area contributed by atoms with Gasteiger partial charge in [0.1, 0.15) is 17.1 Å². The van der Waals surface area contributed by atoms with E-state index >= 15 is 0 Å². The highest BCUT2D eigenvalue weighted by molar-refractivity contribution is 5.98. The molecule has 1 aliphatic rings. The fourth-order valence-corrected chi connectivity index (χ4v) is 3.90. The molecule has 1 aliphatic heterocycles. The van der Waals surface area contributed by atoms with Gasteiger partial charge in [-0.15, -0.1) is 0 Å². The largest absolute Gasteiger partial charge is 0.482 e. The number of aromatic nitrogens is 3. The number of rotatable bonds is 7. The van der Waals surface area contributed by atoms with Crippen LogP contribution in [-0.4, -0.2) is 44.7 Å². The van der Waals surface area contributed by atoms with Crippen molar-refractivity contribution in [3.05, 3.63) is 88.6 Å². The van der Waals surface area contributed by atoms with Crippen molar-refractivity contribution in [3.63, 3.8) is 0 Å². The Balaban J connectivity index is 1.34. The Bertz CT molecular complexity index is 1620. The zero-order valence-electron chi connectivity index (χ0n) is 20.1. The molecule has 0 aliphatic carbocycles. The molecule has 38 heavy (non-hydrogen) atoms. The first kappa shape index (κ1) is 24.6. The van der Waals surface area contributed by atoms with E-state index in [1.807, 2.05) is 0 Å². The molecule has 3 N–H and O–H groups in total. The van der Waals surface area contributed by atoms with Crippen molar-refractivity contribution in [2.24, 2.45) is 0 Å². The minimum Gasteiger partial charge on any atom is -0.482 e. The standard InChI is InChI=1S/C26H21FN6O5/c1-14(34)17-4-2-3-15(7-17)10-29-26(37)21-9-20(32-24-18(27)12-30-33(21)24)25(36)28-11-16-5-6-22-19(8-16)31-23(35)13-38-22/h2-9,12H,10-11,13H2,1H3,(H,28,36)(H,29,37)(H,31,35). The summed E-state index contributed by atoms with van der Waals surface area (Å²) in [6.45, 7) is 1.55. The number of carbonyl (C=O) groups excluding carboxylic acids is 4. The van der Waals surface area contributed by atoms with E-state index in [2.05, 4.69) is 26.0 Å². The van der Waals surface area contributed by atoms with Crippen molar-refractivity contribution in [3.8, 4) is 5.75 Å². The Kier molecular flexibility index (Phi) is 6.52. The maximum atomic E-state index is 14.4. The fourth-order valence-electron chi connectivity index (χ4n) is 3.90. The summed E-state index contributed by atoms with van der Waals surface area (Å²) >= 11 is 0. The second-order valence-electron chi connectivity index (χ2n) is 8.54. The van der Waals surface area contributed by atoms with Crippen LogP contribution in [0.5, 0.6) is 5.75 Å². The van der Waals surface area contributed by atoms with E-state index in [1.165, 1.54) is 13.0 Å². The van der Waals surface area contributed by atoms with E-state index < -0.39 is 17.6 Å². The summed E-state index contributed by atoms with van der Waals surface area (Å²) in [7, 11) is 0. The van der Waals surface area contributed by atoms with Gasteiger partial charge in [0.05, 0.1) is 11.9 Å². The van der Waals surface area contributed by atoms with Gasteiger partial charge in [-0.25, -0.2) is 13.9 Å². The molecule has 3 heterocycles. The van der Waals surface area contributed by atoms with Gasteiger partial charge in [0, 0.05) is 24.7 Å². The normalized spacial score (nSPS) is 12.3. The summed E-state index contributed by atoms with van der Waals surface area (Å²) < 4.78 is 20.7. The summed E-state index contributed by atoms with van der Waals surface area (Å²) in [6, 6.07) is 13.1. The highest BCUT2D eigenvalue weighted by Crippen LogP contribution is 2.28. The van der Waals surface area contributed by atoms with Gasteiger partial charge in [-0.2, -0.15) is 5.10 Å². The molecule has 0 bridgehead atoms. The quantitative estimate of drug-likeness (QED) is 0.320. The summed E-state index contributed by atoms with van der Waals surface area (Å²) in [5, 5.41) is 11.9. The van der Waals surface area contributed by atoms with Gasteiger partial charge in [0.2, 0.25) is 0 Å². The molecule has 5 rings (SSSR count). The molecule has 4 aromatic rings. The van der Waals surface area contributed by atoms with Crippen LogP contribution in [0.2, 0.25) is 0 Å². The average molecular weight is 516 g/mol. The van der Waals surface area contributed by atoms with Crippen LogP contribution in [0.15, 0.2) is 54.7 Å². The predicted molar refractivity (Wildman–Crippen MR) is 132 cm³/mol. The third-order valence-electron chi connectivity index (χ3n) is 5.81. The molecule has 11 nitrogen and oxygen atoms in total. The maximum Gasteiger partial charge on any atom is 0.270 e. The van der Waals surface area contributed by atoms with Crippen molar-refractivity contribution in [2.75, 3.05) is 11.9 Å². The Morgan fingerprint density at radius 1 is 1.05 bits per heavy atom. The number of ether oxygens (including phenoxy) is 1. The van der Waals surface area contributed by atoms with E-state index in [-0.39, 0.29) is 48.4 Å². The molecule has 0 fully saturated rings. The van der Waals surface area contributed by atoms with Crippen LogP contribution in [0.4, 0.5) is 10.1 Å². The summed E-state index contributed by atoms with van der Waals surface area (Å²) in [4.78, 5) is 53.1. The van der Waals surface area contributed by atoms with Crippen LogP contribution < -0.4 is 20.7 Å². The Labute approximate surface area is 215 Å². The third kappa shape index (κ3) is 5.05. The number of carbonyl (C=O) groups is 4. The molecule has 3 amide bonds. The van der Waals surface area contributed by atoms with Crippen LogP contribution in [0.3, 0.4) is 0 Å². The van der Waals surface area contributed by atoms with Gasteiger partial charge in [0.15, 0.2) is 23.9 Å². The zero-order chi connectivity index (χ0) is 26.8. The number of nitrogens with one attached hydrogen (secondary N) is 3. The minimum atomic E-state index is -0.798. The molecule has 192 valence electrons. The van der Waals surface area contributed by atoms with Crippen molar-refractivity contribution < 1.29 is 28.3 Å². The highest BCUT2D eigenvalue weighted by Gasteiger charge is 2.21. The minimum absolute atomic E-state index is 0.0664. The van der Waals surface area contributed by atoms with Gasteiger partial charge in [-0.05, 0) is 36.2 Å². The number of anilines is 1. The second kappa shape index (κ2) is 10.1. The first-order valence-corrected chi connectivity index (χ1v) is 11.5. The summed E-state index contributed by atoms with van der Waals surface area (Å²) in [5.74, 6) is -1.93. The van der Waals surface area contributed by atoms with Crippen LogP contribution in [-0.2, 0) is 17.9 Å². The van der Waals surface area contributed by atoms with Crippen molar-refractivity contribution in [1.29, 1.82) is 0 Å². The monoisotopic (exact) mass is 516 g/mol. The number of nitrogens with zero attached hydrogens (tertiary/aromatic N) is 3. The smallest absolute Gasteiger partial charge is 0.270 e. The molecule has 0 radical (unpaired) electrons. The first-order chi connectivity index (χ1) is 18.3. The van der Waals surface area contributed by atoms with E-state index in [9.17, 15) is 23.6 Å². The molecule has 0 saturated carbocycles. The molecular weight excluding hydrogens is 495 g/mol. The number of fused-ring (bicyclic) bond motifs is 2. The van der Waals surface area contributed by atoms with E-state index in [4.69, 9.17) is 4.74 Å². The van der Waals surface area contributed by atoms with Crippen molar-refractivity contribution in [2.45, 2.75) is 20.0 Å². The Morgan fingerprint density at radius 3 is 2.61 bits per heavy atom. The summed E-state index contributed by atoms with van der Waals surface area (Å²) in [5.41, 5.74) is 1.79. The number of ketones is 1. The van der Waals surface area contributed by atoms with Gasteiger partial charge in [0.25, 0.3) is 17.7 Å². The lowest BCUT2D eigenvalue weighted by Gasteiger charge is -2.18. The molecule has 2 aromatic heterocycles. The molecule has 0 spiro atoms. The van der Waals surface area contributed by atoms with Gasteiger partial charge >= 0.3 is 0 Å². The van der Waals surface area contributed by atoms with Crippen molar-refractivity contribution >= 4 is 34.8 Å². The molecule has 2 aromatic carbocycles. The molecule has 0 atom stereocenters. The third-order valence-corrected chi connectivity index (χ3v) is 5.81. The average Bonchev–Trinajstić information content (AvgIpc) is 3.30. The van der Waals surface area contributed by atoms with E-state index in [1.54, 1.807) is 42.5 Å². The number of amides is 3.